The van der Waals surface area contributed by atoms with Gasteiger partial charge >= 0.3 is 5.69 Å². The predicted octanol–water partition coefficient (Wildman–Crippen LogP) is 7.90. The highest BCUT2D eigenvalue weighted by atomic mass is 32.1. The van der Waals surface area contributed by atoms with Crippen molar-refractivity contribution in [3.63, 3.8) is 0 Å². The van der Waals surface area contributed by atoms with Crippen molar-refractivity contribution in [3.05, 3.63) is 159 Å². The molecule has 4 aromatic carbocycles. The highest BCUT2D eigenvalue weighted by Gasteiger charge is 2.52. The van der Waals surface area contributed by atoms with Crippen molar-refractivity contribution in [1.82, 2.24) is 14.2 Å². The molecule has 1 saturated heterocycles. The summed E-state index contributed by atoms with van der Waals surface area (Å²) in [6, 6.07) is 37.7. The lowest BCUT2D eigenvalue weighted by Gasteiger charge is -2.39. The molecule has 1 fully saturated rings. The molecule has 5 aromatic rings. The Morgan fingerprint density at radius 3 is 1.95 bits per heavy atom. The molecule has 2 heterocycles. The molecule has 1 unspecified atom stereocenters. The van der Waals surface area contributed by atoms with Crippen LogP contribution >= 0.6 is 20.7 Å². The Kier molecular flexibility index (Phi) is 16.0. The fourth-order valence-electron chi connectivity index (χ4n) is 7.42. The first-order chi connectivity index (χ1) is 30.0. The van der Waals surface area contributed by atoms with Crippen LogP contribution in [-0.2, 0) is 28.9 Å². The van der Waals surface area contributed by atoms with Crippen molar-refractivity contribution >= 4 is 31.6 Å². The van der Waals surface area contributed by atoms with Crippen molar-refractivity contribution < 1.29 is 32.7 Å². The highest BCUT2D eigenvalue weighted by molar-refractivity contribution is 7.80. The monoisotopic (exact) mass is 881 g/mol. The van der Waals surface area contributed by atoms with E-state index in [9.17, 15) is 14.9 Å². The van der Waals surface area contributed by atoms with E-state index in [0.29, 0.717) is 17.2 Å². The number of rotatable bonds is 19. The average Bonchev–Trinajstić information content (AvgIpc) is 3.59. The largest absolute Gasteiger partial charge is 0.497 e. The molecule has 1 aliphatic rings. The number of ether oxygens (including phenoxy) is 5. The Hall–Kier alpha value is -5.43. The molecule has 326 valence electrons. The number of nitrogens with one attached hydrogen (secondary N) is 2. The highest BCUT2D eigenvalue weighted by Crippen LogP contribution is 2.51. The summed E-state index contributed by atoms with van der Waals surface area (Å²) < 4.78 is 48.7. The summed E-state index contributed by atoms with van der Waals surface area (Å²) in [5.74, 6) is 1.33. The van der Waals surface area contributed by atoms with Crippen LogP contribution in [0.1, 0.15) is 57.0 Å². The zero-order chi connectivity index (χ0) is 44.2. The summed E-state index contributed by atoms with van der Waals surface area (Å²) >= 11 is 5.80. The maximum atomic E-state index is 13.6. The number of hydrogen-bond acceptors (Lipinski definition) is 12. The molecule has 14 nitrogen and oxygen atoms in total. The zero-order valence-electron chi connectivity index (χ0n) is 35.5. The smallest absolute Gasteiger partial charge is 0.330 e. The van der Waals surface area contributed by atoms with Gasteiger partial charge in [-0.05, 0) is 93.0 Å². The van der Waals surface area contributed by atoms with Crippen molar-refractivity contribution in [2.75, 3.05) is 32.8 Å². The van der Waals surface area contributed by atoms with Crippen LogP contribution in [0.5, 0.6) is 11.5 Å². The lowest BCUT2D eigenvalue weighted by Crippen LogP contribution is -2.44. The van der Waals surface area contributed by atoms with Crippen LogP contribution in [0.15, 0.2) is 131 Å². The normalized spacial score (nSPS) is 18.1. The molecular weight excluding hydrogens is 830 g/mol. The third-order valence-electron chi connectivity index (χ3n) is 10.2. The van der Waals surface area contributed by atoms with Crippen LogP contribution < -0.4 is 26.0 Å². The van der Waals surface area contributed by atoms with Gasteiger partial charge in [-0.3, -0.25) is 14.3 Å². The minimum absolute atomic E-state index is 0.0168. The Labute approximate surface area is 368 Å². The van der Waals surface area contributed by atoms with Crippen molar-refractivity contribution in [1.29, 1.82) is 5.26 Å². The van der Waals surface area contributed by atoms with E-state index in [0.717, 1.165) is 16.7 Å². The van der Waals surface area contributed by atoms with E-state index in [-0.39, 0.29) is 36.9 Å². The maximum Gasteiger partial charge on any atom is 0.330 e. The van der Waals surface area contributed by atoms with Crippen molar-refractivity contribution in [3.8, 4) is 17.6 Å². The molecule has 0 saturated carbocycles. The second-order valence-corrected chi connectivity index (χ2v) is 16.7. The molecule has 0 bridgehead atoms. The number of aromatic nitrogens is 2. The Morgan fingerprint density at radius 1 is 0.855 bits per heavy atom. The van der Waals surface area contributed by atoms with E-state index < -0.39 is 49.9 Å². The van der Waals surface area contributed by atoms with Crippen LogP contribution in [0.25, 0.3) is 0 Å². The first kappa shape index (κ1) is 46.1. The van der Waals surface area contributed by atoms with Gasteiger partial charge in [-0.25, -0.2) is 9.46 Å². The molecule has 0 radical (unpaired) electrons. The standard InChI is InChI=1S/C46H52N5O9PS/c1-31(2)51(32(3)4)61(57-29-13-27-47)60-41-39(58-43(50-28-26-40(52)49-44(50)53)42(41)59-45(62)48-36-16-11-8-12-17-36)30-56-46(33-14-9-7-10-15-33,34-18-22-37(54-5)23-19-34)35-20-24-38(55-6)25-21-35/h7-12,14-26,28,31-32,39,41-43H,13,29-30H2,1-6H3,(H,48,62)(H,49,52,53)/t39-,41-,42-,43-,61?/m1/s1. The maximum absolute atomic E-state index is 13.6. The Morgan fingerprint density at radius 2 is 1.42 bits per heavy atom. The second-order valence-electron chi connectivity index (χ2n) is 14.9. The van der Waals surface area contributed by atoms with Gasteiger partial charge in [0.05, 0.1) is 39.9 Å². The van der Waals surface area contributed by atoms with Gasteiger partial charge in [-0.1, -0.05) is 72.8 Å². The molecule has 0 spiro atoms. The Balaban J connectivity index is 1.51. The summed E-state index contributed by atoms with van der Waals surface area (Å²) in [4.78, 5) is 28.3. The number of para-hydroxylation sites is 1. The number of nitriles is 1. The predicted molar refractivity (Wildman–Crippen MR) is 241 cm³/mol. The van der Waals surface area contributed by atoms with Crippen LogP contribution in [0.4, 0.5) is 5.69 Å². The first-order valence-corrected chi connectivity index (χ1v) is 21.8. The number of aromatic amines is 1. The van der Waals surface area contributed by atoms with Gasteiger partial charge in [-0.15, -0.1) is 0 Å². The fraction of sp³-hybridized carbons (Fsp3) is 0.348. The number of benzene rings is 4. The molecule has 2 N–H and O–H groups in total. The van der Waals surface area contributed by atoms with E-state index in [1.807, 2.05) is 137 Å². The summed E-state index contributed by atoms with van der Waals surface area (Å²) in [5.41, 5.74) is 0.490. The van der Waals surface area contributed by atoms with Crippen molar-refractivity contribution in [2.24, 2.45) is 0 Å². The van der Waals surface area contributed by atoms with Crippen molar-refractivity contribution in [2.45, 2.75) is 76.3 Å². The second kappa shape index (κ2) is 21.6. The first-order valence-electron chi connectivity index (χ1n) is 20.2. The molecule has 62 heavy (non-hydrogen) atoms. The number of H-pyrrole nitrogens is 1. The van der Waals surface area contributed by atoms with Gasteiger partial charge in [0.15, 0.2) is 12.3 Å². The molecule has 0 amide bonds. The third kappa shape index (κ3) is 10.8. The van der Waals surface area contributed by atoms with Gasteiger partial charge in [-0.2, -0.15) is 5.26 Å². The van der Waals surface area contributed by atoms with E-state index in [1.54, 1.807) is 14.2 Å². The number of nitrogens with zero attached hydrogens (tertiary/aromatic N) is 3. The molecular formula is C46H52N5O9PS. The van der Waals surface area contributed by atoms with Gasteiger partial charge in [0.25, 0.3) is 19.3 Å². The number of thiocarbonyl (C=S) groups is 1. The molecule has 5 atom stereocenters. The van der Waals surface area contributed by atoms with Crippen LogP contribution in [0.3, 0.4) is 0 Å². The minimum Gasteiger partial charge on any atom is -0.497 e. The van der Waals surface area contributed by atoms with E-state index >= 15 is 0 Å². The third-order valence-corrected chi connectivity index (χ3v) is 12.5. The fourth-order valence-corrected chi connectivity index (χ4v) is 9.42. The quantitative estimate of drug-likeness (QED) is 0.0357. The van der Waals surface area contributed by atoms with Gasteiger partial charge in [0.2, 0.25) is 0 Å². The van der Waals surface area contributed by atoms with Crippen LogP contribution in [0.2, 0.25) is 0 Å². The Bertz CT molecular complexity index is 2300. The number of anilines is 1. The summed E-state index contributed by atoms with van der Waals surface area (Å²) in [7, 11) is 1.32. The molecule has 6 rings (SSSR count). The van der Waals surface area contributed by atoms with Gasteiger partial charge in [0.1, 0.15) is 29.3 Å². The minimum atomic E-state index is -1.90. The molecule has 16 heteroatoms. The lowest BCUT2D eigenvalue weighted by molar-refractivity contribution is -0.0943. The summed E-state index contributed by atoms with van der Waals surface area (Å²) in [5, 5.41) is 12.6. The molecule has 1 aliphatic heterocycles. The average molecular weight is 882 g/mol. The van der Waals surface area contributed by atoms with Gasteiger partial charge < -0.3 is 38.0 Å². The lowest BCUT2D eigenvalue weighted by atomic mass is 9.80. The van der Waals surface area contributed by atoms with Gasteiger partial charge in [0, 0.05) is 30.0 Å². The number of hydrogen-bond donors (Lipinski definition) is 2. The number of methoxy groups -OCH3 is 2. The molecule has 0 aliphatic carbocycles. The summed E-state index contributed by atoms with van der Waals surface area (Å²) in [6.07, 6.45) is -2.82. The van der Waals surface area contributed by atoms with Crippen LogP contribution in [0, 0.1) is 11.3 Å². The van der Waals surface area contributed by atoms with E-state index in [1.165, 1.54) is 16.8 Å². The van der Waals surface area contributed by atoms with Crippen LogP contribution in [-0.4, -0.2) is 77.2 Å². The summed E-state index contributed by atoms with van der Waals surface area (Å²) in [6.45, 7) is 8.10. The topological polar surface area (TPSA) is 159 Å². The zero-order valence-corrected chi connectivity index (χ0v) is 37.2. The van der Waals surface area contributed by atoms with E-state index in [4.69, 9.17) is 44.9 Å². The SMILES string of the molecule is COc1ccc(C(OC[C@H]2O[C@@H](n3ccc(=O)[nH]c3=O)[C@H](OC(=S)Nc3ccccc3)[C@@H]2OP(OCCC#N)N(C(C)C)C(C)C)(c2ccccc2)c2ccc(OC)cc2)cc1. The molecule has 1 aromatic heterocycles. The van der Waals surface area contributed by atoms with E-state index in [2.05, 4.69) is 21.0 Å².